The van der Waals surface area contributed by atoms with Gasteiger partial charge in [-0.3, -0.25) is 0 Å². The highest BCUT2D eigenvalue weighted by molar-refractivity contribution is 7.99. The Hall–Kier alpha value is -1.59. The lowest BCUT2D eigenvalue weighted by Gasteiger charge is -2.15. The second-order valence-corrected chi connectivity index (χ2v) is 5.31. The molecule has 0 saturated heterocycles. The van der Waals surface area contributed by atoms with E-state index in [9.17, 15) is 13.9 Å². The van der Waals surface area contributed by atoms with Crippen molar-refractivity contribution in [1.82, 2.24) is 0 Å². The Morgan fingerprint density at radius 3 is 2.55 bits per heavy atom. The lowest BCUT2D eigenvalue weighted by atomic mass is 10.1. The third-order valence-corrected chi connectivity index (χ3v) is 3.89. The summed E-state index contributed by atoms with van der Waals surface area (Å²) in [6.07, 6.45) is -0.773. The molecule has 2 aromatic carbocycles. The van der Waals surface area contributed by atoms with E-state index in [1.165, 1.54) is 7.11 Å². The van der Waals surface area contributed by atoms with Crippen LogP contribution in [0.4, 0.5) is 8.78 Å². The minimum Gasteiger partial charge on any atom is -0.496 e. The summed E-state index contributed by atoms with van der Waals surface area (Å²) in [5.74, 6) is -0.493. The molecule has 106 valence electrons. The molecule has 0 aromatic heterocycles. The van der Waals surface area contributed by atoms with Gasteiger partial charge in [0, 0.05) is 10.5 Å². The van der Waals surface area contributed by atoms with Crippen molar-refractivity contribution < 1.29 is 18.6 Å². The first kappa shape index (κ1) is 14.8. The number of halogens is 2. The third-order valence-electron chi connectivity index (χ3n) is 2.78. The van der Waals surface area contributed by atoms with E-state index in [2.05, 4.69) is 0 Å². The van der Waals surface area contributed by atoms with Crippen molar-refractivity contribution in [3.05, 3.63) is 53.6 Å². The molecule has 1 N–H and O–H groups in total. The zero-order valence-corrected chi connectivity index (χ0v) is 11.9. The van der Waals surface area contributed by atoms with Crippen LogP contribution in [0.15, 0.2) is 46.2 Å². The number of hydrogen-bond donors (Lipinski definition) is 1. The summed E-state index contributed by atoms with van der Waals surface area (Å²) in [6.45, 7) is 1.60. The molecule has 0 aliphatic rings. The van der Waals surface area contributed by atoms with E-state index in [1.807, 2.05) is 0 Å². The highest BCUT2D eigenvalue weighted by Gasteiger charge is 2.16. The molecule has 0 radical (unpaired) electrons. The number of hydrogen-bond acceptors (Lipinski definition) is 3. The maximum Gasteiger partial charge on any atom is 0.137 e. The Bertz CT molecular complexity index is 615. The number of rotatable bonds is 4. The predicted molar refractivity (Wildman–Crippen MR) is 74.1 cm³/mol. The zero-order chi connectivity index (χ0) is 14.7. The van der Waals surface area contributed by atoms with Gasteiger partial charge in [-0.1, -0.05) is 17.8 Å². The molecule has 0 fully saturated rings. The van der Waals surface area contributed by atoms with Gasteiger partial charge in [0.05, 0.1) is 18.1 Å². The highest BCUT2D eigenvalue weighted by Crippen LogP contribution is 2.39. The molecule has 0 aliphatic heterocycles. The summed E-state index contributed by atoms with van der Waals surface area (Å²) in [4.78, 5) is 0.795. The van der Waals surface area contributed by atoms with Crippen LogP contribution in [0.5, 0.6) is 5.75 Å². The summed E-state index contributed by atoms with van der Waals surface area (Å²) >= 11 is 1.06. The summed E-state index contributed by atoms with van der Waals surface area (Å²) in [5, 5.41) is 9.86. The Balaban J connectivity index is 2.45. The molecule has 0 spiro atoms. The Morgan fingerprint density at radius 2 is 1.90 bits per heavy atom. The zero-order valence-electron chi connectivity index (χ0n) is 11.1. The average Bonchev–Trinajstić information content (AvgIpc) is 2.42. The standard InChI is InChI=1S/C15H14F2O2S/c1-9(18)15-12(19-2)4-3-5-13(15)20-14-8-10(16)6-7-11(14)17/h3-9,18H,1-2H3/t9-/m1/s1. The number of benzene rings is 2. The Kier molecular flexibility index (Phi) is 4.62. The normalized spacial score (nSPS) is 12.2. The first-order valence-electron chi connectivity index (χ1n) is 6.00. The van der Waals surface area contributed by atoms with E-state index >= 15 is 0 Å². The lowest BCUT2D eigenvalue weighted by molar-refractivity contribution is 0.191. The molecule has 0 aliphatic carbocycles. The number of methoxy groups -OCH3 is 1. The average molecular weight is 296 g/mol. The van der Waals surface area contributed by atoms with E-state index in [0.29, 0.717) is 16.2 Å². The topological polar surface area (TPSA) is 29.5 Å². The number of aliphatic hydroxyl groups excluding tert-OH is 1. The van der Waals surface area contributed by atoms with Crippen LogP contribution in [0.25, 0.3) is 0 Å². The molecule has 0 amide bonds. The van der Waals surface area contributed by atoms with Crippen molar-refractivity contribution in [2.45, 2.75) is 22.8 Å². The minimum atomic E-state index is -0.773. The van der Waals surface area contributed by atoms with Crippen molar-refractivity contribution in [3.8, 4) is 5.75 Å². The van der Waals surface area contributed by atoms with Gasteiger partial charge in [-0.15, -0.1) is 0 Å². The van der Waals surface area contributed by atoms with E-state index in [0.717, 1.165) is 30.0 Å². The Labute approximate surface area is 120 Å². The van der Waals surface area contributed by atoms with E-state index in [4.69, 9.17) is 4.74 Å². The molecule has 0 saturated carbocycles. The van der Waals surface area contributed by atoms with E-state index in [-0.39, 0.29) is 4.90 Å². The fourth-order valence-corrected chi connectivity index (χ4v) is 2.98. The lowest BCUT2D eigenvalue weighted by Crippen LogP contribution is -1.99. The van der Waals surface area contributed by atoms with Gasteiger partial charge in [-0.2, -0.15) is 0 Å². The van der Waals surface area contributed by atoms with Crippen LogP contribution in [0, 0.1) is 11.6 Å². The summed E-state index contributed by atoms with van der Waals surface area (Å²) in [7, 11) is 1.50. The van der Waals surface area contributed by atoms with Crippen LogP contribution >= 0.6 is 11.8 Å². The predicted octanol–water partition coefficient (Wildman–Crippen LogP) is 4.18. The van der Waals surface area contributed by atoms with Gasteiger partial charge in [0.15, 0.2) is 0 Å². The van der Waals surface area contributed by atoms with Gasteiger partial charge in [0.1, 0.15) is 17.4 Å². The van der Waals surface area contributed by atoms with Crippen LogP contribution in [-0.2, 0) is 0 Å². The maximum absolute atomic E-state index is 13.7. The van der Waals surface area contributed by atoms with E-state index < -0.39 is 17.7 Å². The van der Waals surface area contributed by atoms with E-state index in [1.54, 1.807) is 25.1 Å². The SMILES string of the molecule is COc1cccc(Sc2cc(F)ccc2F)c1[C@@H](C)O. The van der Waals surface area contributed by atoms with Crippen LogP contribution in [-0.4, -0.2) is 12.2 Å². The largest absolute Gasteiger partial charge is 0.496 e. The second kappa shape index (κ2) is 6.24. The summed E-state index contributed by atoms with van der Waals surface area (Å²) < 4.78 is 32.1. The van der Waals surface area contributed by atoms with Crippen LogP contribution in [0.1, 0.15) is 18.6 Å². The molecule has 2 aromatic rings. The molecule has 1 atom stereocenters. The van der Waals surface area contributed by atoms with Gasteiger partial charge in [0.2, 0.25) is 0 Å². The molecule has 20 heavy (non-hydrogen) atoms. The highest BCUT2D eigenvalue weighted by atomic mass is 32.2. The van der Waals surface area contributed by atoms with Crippen molar-refractivity contribution in [3.63, 3.8) is 0 Å². The monoisotopic (exact) mass is 296 g/mol. The molecule has 2 nitrogen and oxygen atoms in total. The number of ether oxygens (including phenoxy) is 1. The molecule has 0 heterocycles. The van der Waals surface area contributed by atoms with Crippen LogP contribution < -0.4 is 4.74 Å². The van der Waals surface area contributed by atoms with Crippen molar-refractivity contribution in [2.75, 3.05) is 7.11 Å². The molecular weight excluding hydrogens is 282 g/mol. The molecule has 5 heteroatoms. The third kappa shape index (κ3) is 3.11. The van der Waals surface area contributed by atoms with Gasteiger partial charge < -0.3 is 9.84 Å². The fourth-order valence-electron chi connectivity index (χ4n) is 1.88. The van der Waals surface area contributed by atoms with Gasteiger partial charge in [-0.05, 0) is 37.3 Å². The van der Waals surface area contributed by atoms with Gasteiger partial charge >= 0.3 is 0 Å². The van der Waals surface area contributed by atoms with Crippen molar-refractivity contribution in [2.24, 2.45) is 0 Å². The molecular formula is C15H14F2O2S. The molecule has 0 unspecified atom stereocenters. The molecule has 2 rings (SSSR count). The summed E-state index contributed by atoms with van der Waals surface area (Å²) in [5.41, 5.74) is 0.559. The second-order valence-electron chi connectivity index (χ2n) is 4.22. The number of aliphatic hydroxyl groups is 1. The van der Waals surface area contributed by atoms with Crippen molar-refractivity contribution >= 4 is 11.8 Å². The first-order valence-corrected chi connectivity index (χ1v) is 6.82. The quantitative estimate of drug-likeness (QED) is 0.918. The smallest absolute Gasteiger partial charge is 0.137 e. The molecule has 0 bridgehead atoms. The van der Waals surface area contributed by atoms with Crippen LogP contribution in [0.2, 0.25) is 0 Å². The van der Waals surface area contributed by atoms with Gasteiger partial charge in [0.25, 0.3) is 0 Å². The first-order chi connectivity index (χ1) is 9.52. The Morgan fingerprint density at radius 1 is 1.15 bits per heavy atom. The minimum absolute atomic E-state index is 0.167. The van der Waals surface area contributed by atoms with Gasteiger partial charge in [-0.25, -0.2) is 8.78 Å². The fraction of sp³-hybridized carbons (Fsp3) is 0.200. The van der Waals surface area contributed by atoms with Crippen molar-refractivity contribution in [1.29, 1.82) is 0 Å². The maximum atomic E-state index is 13.7. The summed E-state index contributed by atoms with van der Waals surface area (Å²) in [6, 6.07) is 8.48. The van der Waals surface area contributed by atoms with Crippen LogP contribution in [0.3, 0.4) is 0 Å².